The summed E-state index contributed by atoms with van der Waals surface area (Å²) in [7, 11) is 0. The molecule has 1 saturated heterocycles. The number of aromatic nitrogens is 1. The fourth-order valence-electron chi connectivity index (χ4n) is 3.23. The van der Waals surface area contributed by atoms with Gasteiger partial charge in [0.1, 0.15) is 12.2 Å². The van der Waals surface area contributed by atoms with Crippen molar-refractivity contribution < 1.29 is 34.5 Å². The molecule has 1 aromatic rings. The molecular formula is C16H20N3O7+. The van der Waals surface area contributed by atoms with Crippen molar-refractivity contribution in [1.29, 1.82) is 0 Å². The monoisotopic (exact) mass is 366 g/mol. The van der Waals surface area contributed by atoms with Gasteiger partial charge in [0.05, 0.1) is 17.9 Å². The molecule has 10 nitrogen and oxygen atoms in total. The van der Waals surface area contributed by atoms with E-state index in [0.717, 1.165) is 0 Å². The van der Waals surface area contributed by atoms with Gasteiger partial charge in [-0.3, -0.25) is 0 Å². The standard InChI is InChI=1S/C16H19N3O7/c20-11-12(21)14(16(23)24)26-15(13(11)22)18-6-3-4-9(8-18)10-5-1-2-7-19(10)17-25/h1-4,6,8,10-15,20-22H,5,7H2/p+1/t10?,11-,12-,13-,14?,15+/m0/s1. The fourth-order valence-corrected chi connectivity index (χ4v) is 3.23. The average molecular weight is 366 g/mol. The van der Waals surface area contributed by atoms with Crippen LogP contribution in [0.3, 0.4) is 0 Å². The molecule has 2 aliphatic heterocycles. The van der Waals surface area contributed by atoms with Crippen LogP contribution in [0.1, 0.15) is 24.3 Å². The van der Waals surface area contributed by atoms with E-state index in [1.807, 2.05) is 12.2 Å². The van der Waals surface area contributed by atoms with Crippen molar-refractivity contribution in [3.05, 3.63) is 47.1 Å². The van der Waals surface area contributed by atoms with Crippen LogP contribution in [0.5, 0.6) is 0 Å². The highest BCUT2D eigenvalue weighted by molar-refractivity contribution is 5.73. The number of nitrogens with zero attached hydrogens (tertiary/aromatic N) is 3. The van der Waals surface area contributed by atoms with Gasteiger partial charge < -0.3 is 25.2 Å². The van der Waals surface area contributed by atoms with Crippen LogP contribution in [0.25, 0.3) is 0 Å². The van der Waals surface area contributed by atoms with Crippen LogP contribution in [0.4, 0.5) is 0 Å². The number of pyridine rings is 1. The number of aliphatic carboxylic acids is 1. The van der Waals surface area contributed by atoms with Crippen LogP contribution < -0.4 is 4.57 Å². The molecule has 2 unspecified atom stereocenters. The smallest absolute Gasteiger partial charge is 0.335 e. The van der Waals surface area contributed by atoms with Crippen molar-refractivity contribution in [2.24, 2.45) is 5.29 Å². The number of carboxylic acids is 1. The fraction of sp³-hybridized carbons (Fsp3) is 0.500. The van der Waals surface area contributed by atoms with Crippen molar-refractivity contribution in [3.63, 3.8) is 0 Å². The van der Waals surface area contributed by atoms with Crippen LogP contribution >= 0.6 is 0 Å². The molecule has 140 valence electrons. The molecule has 6 atom stereocenters. The molecule has 0 radical (unpaired) electrons. The Bertz CT molecular complexity index is 713. The van der Waals surface area contributed by atoms with Gasteiger partial charge in [0, 0.05) is 11.6 Å². The molecule has 26 heavy (non-hydrogen) atoms. The second-order valence-corrected chi connectivity index (χ2v) is 6.27. The van der Waals surface area contributed by atoms with E-state index in [9.17, 15) is 25.0 Å². The minimum atomic E-state index is -1.75. The maximum atomic E-state index is 11.2. The molecule has 2 aliphatic rings. The minimum absolute atomic E-state index is 0.309. The highest BCUT2D eigenvalue weighted by atomic mass is 16.6. The zero-order valence-electron chi connectivity index (χ0n) is 13.7. The van der Waals surface area contributed by atoms with E-state index in [1.165, 1.54) is 15.8 Å². The predicted octanol–water partition coefficient (Wildman–Crippen LogP) is -0.977. The van der Waals surface area contributed by atoms with Crippen LogP contribution in [0.2, 0.25) is 0 Å². The molecule has 0 aromatic carbocycles. The number of hydrogen-bond acceptors (Lipinski definition) is 7. The first-order chi connectivity index (χ1) is 12.4. The summed E-state index contributed by atoms with van der Waals surface area (Å²) in [5.41, 5.74) is 0.708. The molecule has 4 N–H and O–H groups in total. The third kappa shape index (κ3) is 3.31. The summed E-state index contributed by atoms with van der Waals surface area (Å²) in [6, 6.07) is 3.12. The Hall–Kier alpha value is -2.40. The Morgan fingerprint density at radius 2 is 2.00 bits per heavy atom. The van der Waals surface area contributed by atoms with Gasteiger partial charge in [0.15, 0.2) is 24.6 Å². The van der Waals surface area contributed by atoms with E-state index < -0.39 is 36.6 Å². The largest absolute Gasteiger partial charge is 0.479 e. The summed E-state index contributed by atoms with van der Waals surface area (Å²) in [6.07, 6.45) is -0.411. The summed E-state index contributed by atoms with van der Waals surface area (Å²) in [5, 5.41) is 43.5. The van der Waals surface area contributed by atoms with E-state index in [1.54, 1.807) is 18.3 Å². The summed E-state index contributed by atoms with van der Waals surface area (Å²) in [4.78, 5) is 22.3. The van der Waals surface area contributed by atoms with Crippen molar-refractivity contribution in [1.82, 2.24) is 5.01 Å². The number of aliphatic hydroxyl groups excluding tert-OH is 3. The first kappa shape index (κ1) is 18.4. The maximum absolute atomic E-state index is 11.2. The number of nitroso groups, excluding NO2 is 1. The zero-order valence-corrected chi connectivity index (χ0v) is 13.7. The van der Waals surface area contributed by atoms with E-state index in [-0.39, 0.29) is 6.04 Å². The zero-order chi connectivity index (χ0) is 18.8. The molecular weight excluding hydrogens is 346 g/mol. The van der Waals surface area contributed by atoms with Gasteiger partial charge in [0.25, 0.3) is 6.23 Å². The third-order valence-electron chi connectivity index (χ3n) is 4.64. The molecule has 1 aromatic heterocycles. The Balaban J connectivity index is 1.90. The van der Waals surface area contributed by atoms with Gasteiger partial charge in [-0.1, -0.05) is 12.2 Å². The lowest BCUT2D eigenvalue weighted by molar-refractivity contribution is -0.777. The van der Waals surface area contributed by atoms with Crippen molar-refractivity contribution in [3.8, 4) is 0 Å². The van der Waals surface area contributed by atoms with Gasteiger partial charge in [-0.2, -0.15) is 4.57 Å². The molecule has 3 rings (SSSR count). The van der Waals surface area contributed by atoms with E-state index in [4.69, 9.17) is 9.84 Å². The van der Waals surface area contributed by atoms with Crippen LogP contribution in [0, 0.1) is 4.91 Å². The maximum Gasteiger partial charge on any atom is 0.335 e. The van der Waals surface area contributed by atoms with E-state index in [2.05, 4.69) is 5.29 Å². The Kier molecular flexibility index (Phi) is 5.28. The average Bonchev–Trinajstić information content (AvgIpc) is 2.66. The molecule has 0 spiro atoms. The van der Waals surface area contributed by atoms with Crippen LogP contribution in [0.15, 0.2) is 42.0 Å². The SMILES string of the molecule is O=NN1CC=CCC1c1ccc[n+]([C@@H]2OC(C(=O)O)[C@@H](O)[C@H](O)[C@@H]2O)c1. The highest BCUT2D eigenvalue weighted by Gasteiger charge is 2.51. The minimum Gasteiger partial charge on any atom is -0.479 e. The number of carbonyl (C=O) groups is 1. The second kappa shape index (κ2) is 7.46. The first-order valence-electron chi connectivity index (χ1n) is 8.12. The van der Waals surface area contributed by atoms with Gasteiger partial charge in [0.2, 0.25) is 0 Å². The Morgan fingerprint density at radius 1 is 1.23 bits per heavy atom. The van der Waals surface area contributed by atoms with Gasteiger partial charge >= 0.3 is 5.97 Å². The van der Waals surface area contributed by atoms with Crippen LogP contribution in [-0.4, -0.2) is 62.4 Å². The van der Waals surface area contributed by atoms with Crippen molar-refractivity contribution >= 4 is 5.97 Å². The summed E-state index contributed by atoms with van der Waals surface area (Å²) >= 11 is 0. The van der Waals surface area contributed by atoms with Gasteiger partial charge in [-0.15, -0.1) is 4.91 Å². The van der Waals surface area contributed by atoms with Crippen molar-refractivity contribution in [2.75, 3.05) is 6.54 Å². The van der Waals surface area contributed by atoms with E-state index in [0.29, 0.717) is 18.5 Å². The first-order valence-corrected chi connectivity index (χ1v) is 8.12. The lowest BCUT2D eigenvalue weighted by Gasteiger charge is -2.35. The lowest BCUT2D eigenvalue weighted by atomic mass is 9.97. The molecule has 3 heterocycles. The van der Waals surface area contributed by atoms with Gasteiger partial charge in [-0.05, 0) is 12.5 Å². The number of hydrogen-bond donors (Lipinski definition) is 4. The molecule has 0 amide bonds. The summed E-state index contributed by atoms with van der Waals surface area (Å²) in [5.74, 6) is -1.45. The van der Waals surface area contributed by atoms with E-state index >= 15 is 0 Å². The van der Waals surface area contributed by atoms with Crippen molar-refractivity contribution in [2.45, 2.75) is 43.1 Å². The van der Waals surface area contributed by atoms with Crippen LogP contribution in [-0.2, 0) is 9.53 Å². The molecule has 0 saturated carbocycles. The quantitative estimate of drug-likeness (QED) is 0.302. The molecule has 0 aliphatic carbocycles. The second-order valence-electron chi connectivity index (χ2n) is 6.27. The molecule has 0 bridgehead atoms. The summed E-state index contributed by atoms with van der Waals surface area (Å²) in [6.45, 7) is 0.373. The number of carboxylic acid groups (broad SMARTS) is 1. The molecule has 1 fully saturated rings. The number of rotatable bonds is 4. The third-order valence-corrected chi connectivity index (χ3v) is 4.64. The number of ether oxygens (including phenoxy) is 1. The van der Waals surface area contributed by atoms with Gasteiger partial charge in [-0.25, -0.2) is 9.80 Å². The normalized spacial score (nSPS) is 34.5. The Morgan fingerprint density at radius 3 is 2.69 bits per heavy atom. The molecule has 10 heteroatoms. The Labute approximate surface area is 148 Å². The number of aliphatic hydroxyl groups is 3. The summed E-state index contributed by atoms with van der Waals surface area (Å²) < 4.78 is 6.72. The lowest BCUT2D eigenvalue weighted by Crippen LogP contribution is -2.63. The topological polar surface area (TPSA) is 144 Å². The predicted molar refractivity (Wildman–Crippen MR) is 85.2 cm³/mol. The highest BCUT2D eigenvalue weighted by Crippen LogP contribution is 2.29.